The molecule has 1 aromatic carbocycles. The van der Waals surface area contributed by atoms with E-state index in [2.05, 4.69) is 0 Å². The van der Waals surface area contributed by atoms with Gasteiger partial charge in [0.25, 0.3) is 0 Å². The highest BCUT2D eigenvalue weighted by molar-refractivity contribution is 7.89. The van der Waals surface area contributed by atoms with Crippen molar-refractivity contribution in [2.24, 2.45) is 5.92 Å². The summed E-state index contributed by atoms with van der Waals surface area (Å²) in [6.45, 7) is 0.282. The molecular formula is C13H16FNO5S. The summed E-state index contributed by atoms with van der Waals surface area (Å²) in [5.74, 6) is -2.56. The quantitative estimate of drug-likeness (QED) is 0.861. The van der Waals surface area contributed by atoms with Crippen molar-refractivity contribution in [2.75, 3.05) is 19.7 Å². The Morgan fingerprint density at radius 2 is 2.14 bits per heavy atom. The van der Waals surface area contributed by atoms with E-state index in [0.29, 0.717) is 12.5 Å². The van der Waals surface area contributed by atoms with Gasteiger partial charge in [0, 0.05) is 19.7 Å². The molecule has 1 saturated heterocycles. The molecule has 1 fully saturated rings. The van der Waals surface area contributed by atoms with Crippen LogP contribution in [0.2, 0.25) is 0 Å². The maximum absolute atomic E-state index is 13.9. The summed E-state index contributed by atoms with van der Waals surface area (Å²) in [6.07, 6.45) is 1.32. The fourth-order valence-corrected chi connectivity index (χ4v) is 3.98. The van der Waals surface area contributed by atoms with Crippen LogP contribution < -0.4 is 0 Å². The molecular weight excluding hydrogens is 301 g/mol. The van der Waals surface area contributed by atoms with Crippen LogP contribution in [-0.4, -0.2) is 48.6 Å². The van der Waals surface area contributed by atoms with Crippen LogP contribution in [0.5, 0.6) is 0 Å². The van der Waals surface area contributed by atoms with Crippen molar-refractivity contribution < 1.29 is 27.8 Å². The van der Waals surface area contributed by atoms with Crippen LogP contribution in [0.3, 0.4) is 0 Å². The number of hydrogen-bond acceptors (Lipinski definition) is 4. The first-order valence-corrected chi connectivity index (χ1v) is 7.94. The number of carboxylic acid groups (broad SMARTS) is 1. The zero-order valence-corrected chi connectivity index (χ0v) is 12.0. The third kappa shape index (κ3) is 3.22. The lowest BCUT2D eigenvalue weighted by Crippen LogP contribution is -2.41. The van der Waals surface area contributed by atoms with Crippen LogP contribution in [0, 0.1) is 11.7 Å². The Bertz CT molecular complexity index is 646. The molecule has 1 aromatic rings. The highest BCUT2D eigenvalue weighted by Crippen LogP contribution is 2.25. The highest BCUT2D eigenvalue weighted by Gasteiger charge is 2.32. The van der Waals surface area contributed by atoms with Gasteiger partial charge in [0.15, 0.2) is 0 Å². The molecule has 1 unspecified atom stereocenters. The normalized spacial score (nSPS) is 20.4. The zero-order chi connectivity index (χ0) is 15.6. The number of aromatic carboxylic acids is 1. The minimum atomic E-state index is -4.02. The molecule has 6 nitrogen and oxygen atoms in total. The van der Waals surface area contributed by atoms with Crippen LogP contribution in [0.25, 0.3) is 0 Å². The van der Waals surface area contributed by atoms with Gasteiger partial charge in [0.2, 0.25) is 10.0 Å². The van der Waals surface area contributed by atoms with Crippen molar-refractivity contribution in [1.82, 2.24) is 4.31 Å². The lowest BCUT2D eigenvalue weighted by atomic mass is 10.0. The van der Waals surface area contributed by atoms with E-state index in [1.54, 1.807) is 0 Å². The van der Waals surface area contributed by atoms with E-state index in [4.69, 9.17) is 10.2 Å². The minimum absolute atomic E-state index is 0.119. The molecule has 0 spiro atoms. The van der Waals surface area contributed by atoms with Crippen LogP contribution in [0.4, 0.5) is 4.39 Å². The first kappa shape index (κ1) is 15.9. The molecule has 21 heavy (non-hydrogen) atoms. The van der Waals surface area contributed by atoms with Gasteiger partial charge in [-0.15, -0.1) is 0 Å². The summed E-state index contributed by atoms with van der Waals surface area (Å²) in [5.41, 5.74) is -0.307. The molecule has 116 valence electrons. The van der Waals surface area contributed by atoms with Crippen molar-refractivity contribution in [3.63, 3.8) is 0 Å². The number of rotatable bonds is 4. The molecule has 2 N–H and O–H groups in total. The van der Waals surface area contributed by atoms with Crippen molar-refractivity contribution in [3.05, 3.63) is 29.6 Å². The summed E-state index contributed by atoms with van der Waals surface area (Å²) in [5, 5.41) is 17.9. The summed E-state index contributed by atoms with van der Waals surface area (Å²) in [7, 11) is -4.02. The SMILES string of the molecule is O=C(O)c1ccc(S(=O)(=O)N2CCCC(CO)C2)c(F)c1. The molecule has 1 aliphatic rings. The van der Waals surface area contributed by atoms with E-state index in [-0.39, 0.29) is 31.2 Å². The van der Waals surface area contributed by atoms with E-state index in [9.17, 15) is 17.6 Å². The molecule has 0 saturated carbocycles. The molecule has 2 rings (SSSR count). The Labute approximate surface area is 121 Å². The molecule has 0 aliphatic carbocycles. The number of carboxylic acids is 1. The second-order valence-corrected chi connectivity index (χ2v) is 6.91. The number of aliphatic hydroxyl groups excluding tert-OH is 1. The lowest BCUT2D eigenvalue weighted by Gasteiger charge is -2.31. The fourth-order valence-electron chi connectivity index (χ4n) is 2.38. The van der Waals surface area contributed by atoms with Crippen LogP contribution >= 0.6 is 0 Å². The van der Waals surface area contributed by atoms with Gasteiger partial charge in [0.1, 0.15) is 10.7 Å². The van der Waals surface area contributed by atoms with Gasteiger partial charge in [-0.1, -0.05) is 0 Å². The van der Waals surface area contributed by atoms with Gasteiger partial charge in [-0.25, -0.2) is 17.6 Å². The number of sulfonamides is 1. The topological polar surface area (TPSA) is 94.9 Å². The number of aliphatic hydroxyl groups is 1. The van der Waals surface area contributed by atoms with Crippen molar-refractivity contribution in [1.29, 1.82) is 0 Å². The van der Waals surface area contributed by atoms with Gasteiger partial charge >= 0.3 is 5.97 Å². The maximum atomic E-state index is 13.9. The second kappa shape index (κ2) is 6.08. The average Bonchev–Trinajstić information content (AvgIpc) is 2.46. The largest absolute Gasteiger partial charge is 0.478 e. The molecule has 0 bridgehead atoms. The Morgan fingerprint density at radius 3 is 2.71 bits per heavy atom. The minimum Gasteiger partial charge on any atom is -0.478 e. The van der Waals surface area contributed by atoms with Gasteiger partial charge in [-0.2, -0.15) is 4.31 Å². The molecule has 1 aliphatic heterocycles. The van der Waals surface area contributed by atoms with Crippen molar-refractivity contribution >= 4 is 16.0 Å². The summed E-state index contributed by atoms with van der Waals surface area (Å²) < 4.78 is 39.9. The van der Waals surface area contributed by atoms with Gasteiger partial charge in [0.05, 0.1) is 5.56 Å². The Balaban J connectivity index is 2.33. The maximum Gasteiger partial charge on any atom is 0.335 e. The highest BCUT2D eigenvalue weighted by atomic mass is 32.2. The standard InChI is InChI=1S/C13H16FNO5S/c14-11-6-10(13(17)18)3-4-12(11)21(19,20)15-5-1-2-9(7-15)8-16/h3-4,6,9,16H,1-2,5,7-8H2,(H,17,18). The van der Waals surface area contributed by atoms with Crippen LogP contribution in [0.1, 0.15) is 23.2 Å². The smallest absolute Gasteiger partial charge is 0.335 e. The third-order valence-electron chi connectivity index (χ3n) is 3.54. The summed E-state index contributed by atoms with van der Waals surface area (Å²) >= 11 is 0. The molecule has 1 atom stereocenters. The predicted molar refractivity (Wildman–Crippen MR) is 71.9 cm³/mol. The number of piperidine rings is 1. The fraction of sp³-hybridized carbons (Fsp3) is 0.462. The van der Waals surface area contributed by atoms with E-state index in [1.807, 2.05) is 0 Å². The Hall–Kier alpha value is -1.51. The first-order valence-electron chi connectivity index (χ1n) is 6.50. The number of hydrogen-bond donors (Lipinski definition) is 2. The van der Waals surface area contributed by atoms with E-state index < -0.39 is 26.7 Å². The third-order valence-corrected chi connectivity index (χ3v) is 5.43. The summed E-state index contributed by atoms with van der Waals surface area (Å²) in [6, 6.07) is 2.73. The van der Waals surface area contributed by atoms with Crippen LogP contribution in [0.15, 0.2) is 23.1 Å². The van der Waals surface area contributed by atoms with E-state index in [0.717, 1.165) is 22.9 Å². The van der Waals surface area contributed by atoms with Gasteiger partial charge in [-0.05, 0) is 37.0 Å². The molecule has 8 heteroatoms. The number of carbonyl (C=O) groups is 1. The number of benzene rings is 1. The number of halogens is 1. The lowest BCUT2D eigenvalue weighted by molar-refractivity contribution is 0.0696. The van der Waals surface area contributed by atoms with Crippen molar-refractivity contribution in [3.8, 4) is 0 Å². The molecule has 0 aromatic heterocycles. The molecule has 0 amide bonds. The van der Waals surface area contributed by atoms with Gasteiger partial charge in [-0.3, -0.25) is 0 Å². The van der Waals surface area contributed by atoms with E-state index in [1.165, 1.54) is 0 Å². The zero-order valence-electron chi connectivity index (χ0n) is 11.2. The second-order valence-electron chi connectivity index (χ2n) is 5.00. The Kier molecular flexibility index (Phi) is 4.60. The first-order chi connectivity index (χ1) is 9.86. The predicted octanol–water partition coefficient (Wildman–Crippen LogP) is 0.917. The Morgan fingerprint density at radius 1 is 1.43 bits per heavy atom. The van der Waals surface area contributed by atoms with Crippen LogP contribution in [-0.2, 0) is 10.0 Å². The average molecular weight is 317 g/mol. The monoisotopic (exact) mass is 317 g/mol. The van der Waals surface area contributed by atoms with Crippen molar-refractivity contribution in [2.45, 2.75) is 17.7 Å². The van der Waals surface area contributed by atoms with E-state index >= 15 is 0 Å². The van der Waals surface area contributed by atoms with Gasteiger partial charge < -0.3 is 10.2 Å². The summed E-state index contributed by atoms with van der Waals surface area (Å²) in [4.78, 5) is 10.2. The molecule has 1 heterocycles. The number of nitrogens with zero attached hydrogens (tertiary/aromatic N) is 1. The molecule has 0 radical (unpaired) electrons.